The first-order valence-electron chi connectivity index (χ1n) is 15.3. The van der Waals surface area contributed by atoms with Gasteiger partial charge < -0.3 is 10.2 Å². The number of nitrogens with zero attached hydrogens (tertiary/aromatic N) is 2. The Labute approximate surface area is 268 Å². The molecular weight excluding hydrogens is 582 g/mol. The molecule has 4 rings (SSSR count). The summed E-state index contributed by atoms with van der Waals surface area (Å²) in [6.45, 7) is 9.32. The molecule has 7 nitrogen and oxygen atoms in total. The van der Waals surface area contributed by atoms with Gasteiger partial charge in [-0.25, -0.2) is 8.42 Å². The fraction of sp³-hybridized carbons (Fsp3) is 0.297. The normalized spacial score (nSPS) is 12.6. The number of nitrogens with one attached hydrogen (secondary N) is 1. The molecule has 0 aliphatic heterocycles. The highest BCUT2D eigenvalue weighted by Crippen LogP contribution is 2.29. The number of hydrogen-bond donors (Lipinski definition) is 1. The fourth-order valence-corrected chi connectivity index (χ4v) is 6.62. The minimum Gasteiger partial charge on any atom is -0.352 e. The zero-order chi connectivity index (χ0) is 32.6. The van der Waals surface area contributed by atoms with Gasteiger partial charge in [-0.3, -0.25) is 13.9 Å². The lowest BCUT2D eigenvalue weighted by Crippen LogP contribution is -2.54. The van der Waals surface area contributed by atoms with Gasteiger partial charge in [-0.1, -0.05) is 97.4 Å². The molecule has 45 heavy (non-hydrogen) atoms. The number of carbonyl (C=O) groups is 2. The summed E-state index contributed by atoms with van der Waals surface area (Å²) in [4.78, 5) is 30.2. The van der Waals surface area contributed by atoms with E-state index in [1.807, 2.05) is 95.3 Å². The minimum absolute atomic E-state index is 0.0825. The van der Waals surface area contributed by atoms with Crippen LogP contribution in [0.15, 0.2) is 108 Å². The maximum Gasteiger partial charge on any atom is 0.264 e. The first kappa shape index (κ1) is 33.5. The van der Waals surface area contributed by atoms with Crippen LogP contribution in [-0.4, -0.2) is 43.8 Å². The average molecular weight is 626 g/mol. The Kier molecular flexibility index (Phi) is 11.2. The topological polar surface area (TPSA) is 86.8 Å². The largest absolute Gasteiger partial charge is 0.352 e. The Balaban J connectivity index is 1.83. The van der Waals surface area contributed by atoms with Gasteiger partial charge in [0, 0.05) is 19.0 Å². The Hall–Kier alpha value is -4.43. The van der Waals surface area contributed by atoms with Gasteiger partial charge in [-0.2, -0.15) is 0 Å². The molecule has 1 N–H and O–H groups in total. The zero-order valence-electron chi connectivity index (χ0n) is 26.7. The molecule has 0 unspecified atom stereocenters. The van der Waals surface area contributed by atoms with E-state index in [2.05, 4.69) is 5.32 Å². The summed E-state index contributed by atoms with van der Waals surface area (Å²) in [7, 11) is -4.14. The number of amides is 2. The lowest BCUT2D eigenvalue weighted by Gasteiger charge is -2.34. The van der Waals surface area contributed by atoms with Gasteiger partial charge in [-0.05, 0) is 74.6 Å². The Morgan fingerprint density at radius 2 is 1.40 bits per heavy atom. The number of sulfonamides is 1. The molecule has 0 aromatic heterocycles. The van der Waals surface area contributed by atoms with Crippen LogP contribution in [0.5, 0.6) is 0 Å². The average Bonchev–Trinajstić information content (AvgIpc) is 3.04. The van der Waals surface area contributed by atoms with E-state index in [0.717, 1.165) is 34.2 Å². The molecule has 0 spiro atoms. The molecule has 0 fully saturated rings. The second-order valence-corrected chi connectivity index (χ2v) is 13.4. The number of benzene rings is 4. The van der Waals surface area contributed by atoms with Gasteiger partial charge in [-0.15, -0.1) is 0 Å². The van der Waals surface area contributed by atoms with Gasteiger partial charge in [0.1, 0.15) is 12.6 Å². The third-order valence-corrected chi connectivity index (χ3v) is 9.97. The van der Waals surface area contributed by atoms with Crippen LogP contribution >= 0.6 is 0 Å². The summed E-state index contributed by atoms with van der Waals surface area (Å²) in [5.41, 5.74) is 4.89. The van der Waals surface area contributed by atoms with Crippen molar-refractivity contribution in [2.75, 3.05) is 10.8 Å². The first-order valence-corrected chi connectivity index (χ1v) is 16.8. The van der Waals surface area contributed by atoms with Crippen LogP contribution < -0.4 is 9.62 Å². The second kappa shape index (κ2) is 15.0. The molecule has 8 heteroatoms. The van der Waals surface area contributed by atoms with E-state index in [0.29, 0.717) is 5.69 Å². The van der Waals surface area contributed by atoms with E-state index in [1.54, 1.807) is 30.3 Å². The zero-order valence-corrected chi connectivity index (χ0v) is 27.6. The number of aryl methyl sites for hydroxylation is 2. The molecule has 4 aromatic carbocycles. The highest BCUT2D eigenvalue weighted by Gasteiger charge is 2.35. The summed E-state index contributed by atoms with van der Waals surface area (Å²) in [6.07, 6.45) is 1.00. The van der Waals surface area contributed by atoms with Crippen LogP contribution in [0.4, 0.5) is 5.69 Å². The van der Waals surface area contributed by atoms with E-state index in [-0.39, 0.29) is 29.8 Å². The van der Waals surface area contributed by atoms with Crippen molar-refractivity contribution in [2.24, 2.45) is 0 Å². The standard InChI is InChI=1S/C37H43N3O4S/c1-6-29(4)38-37(42)35(24-31-15-9-7-10-16-31)39(25-32-22-20-27(2)21-23-32)36(41)26-40(34-19-13-14-28(3)30(34)5)45(43,44)33-17-11-8-12-18-33/h7-23,29,35H,6,24-26H2,1-5H3,(H,38,42)/t29-,35-/m0/s1. The van der Waals surface area contributed by atoms with Crippen LogP contribution in [0.2, 0.25) is 0 Å². The van der Waals surface area contributed by atoms with Gasteiger partial charge in [0.25, 0.3) is 10.0 Å². The van der Waals surface area contributed by atoms with Crippen molar-refractivity contribution in [1.29, 1.82) is 0 Å². The van der Waals surface area contributed by atoms with Crippen LogP contribution in [-0.2, 0) is 32.6 Å². The van der Waals surface area contributed by atoms with Crippen molar-refractivity contribution >= 4 is 27.5 Å². The molecular formula is C37H43N3O4S. The number of rotatable bonds is 13. The van der Waals surface area contributed by atoms with E-state index in [4.69, 9.17) is 0 Å². The number of anilines is 1. The van der Waals surface area contributed by atoms with Crippen molar-refractivity contribution in [3.05, 3.63) is 131 Å². The highest BCUT2D eigenvalue weighted by molar-refractivity contribution is 7.92. The van der Waals surface area contributed by atoms with Crippen molar-refractivity contribution in [3.8, 4) is 0 Å². The Bertz CT molecular complexity index is 1690. The third-order valence-electron chi connectivity index (χ3n) is 8.20. The molecule has 0 heterocycles. The maximum atomic E-state index is 14.6. The van der Waals surface area contributed by atoms with E-state index in [1.165, 1.54) is 21.3 Å². The van der Waals surface area contributed by atoms with E-state index < -0.39 is 28.5 Å². The molecule has 0 aliphatic carbocycles. The van der Waals surface area contributed by atoms with Crippen LogP contribution in [0.25, 0.3) is 0 Å². The van der Waals surface area contributed by atoms with Gasteiger partial charge in [0.2, 0.25) is 11.8 Å². The summed E-state index contributed by atoms with van der Waals surface area (Å²) < 4.78 is 29.6. The lowest BCUT2D eigenvalue weighted by molar-refractivity contribution is -0.140. The molecule has 2 amide bonds. The Morgan fingerprint density at radius 3 is 2.02 bits per heavy atom. The summed E-state index contributed by atoms with van der Waals surface area (Å²) in [6, 6.07) is 29.9. The fourth-order valence-electron chi connectivity index (χ4n) is 5.12. The molecule has 0 radical (unpaired) electrons. The third kappa shape index (κ3) is 8.39. The molecule has 2 atom stereocenters. The van der Waals surface area contributed by atoms with E-state index in [9.17, 15) is 18.0 Å². The predicted octanol–water partition coefficient (Wildman–Crippen LogP) is 6.36. The number of hydrogen-bond acceptors (Lipinski definition) is 4. The predicted molar refractivity (Wildman–Crippen MR) is 180 cm³/mol. The quantitative estimate of drug-likeness (QED) is 0.187. The van der Waals surface area contributed by atoms with Crippen molar-refractivity contribution < 1.29 is 18.0 Å². The molecule has 0 saturated carbocycles. The van der Waals surface area contributed by atoms with Crippen molar-refractivity contribution in [1.82, 2.24) is 10.2 Å². The van der Waals surface area contributed by atoms with Crippen LogP contribution in [0, 0.1) is 20.8 Å². The van der Waals surface area contributed by atoms with Gasteiger partial charge in [0.15, 0.2) is 0 Å². The van der Waals surface area contributed by atoms with Gasteiger partial charge in [0.05, 0.1) is 10.6 Å². The Morgan fingerprint density at radius 1 is 0.778 bits per heavy atom. The van der Waals surface area contributed by atoms with Crippen molar-refractivity contribution in [2.45, 2.75) is 71.0 Å². The number of carbonyl (C=O) groups excluding carboxylic acids is 2. The first-order chi connectivity index (χ1) is 21.5. The maximum absolute atomic E-state index is 14.6. The molecule has 0 aliphatic rings. The second-order valence-electron chi connectivity index (χ2n) is 11.6. The smallest absolute Gasteiger partial charge is 0.264 e. The summed E-state index contributed by atoms with van der Waals surface area (Å²) in [5.74, 6) is -0.755. The van der Waals surface area contributed by atoms with Crippen molar-refractivity contribution in [3.63, 3.8) is 0 Å². The molecule has 0 bridgehead atoms. The summed E-state index contributed by atoms with van der Waals surface area (Å²) >= 11 is 0. The van der Waals surface area contributed by atoms with Gasteiger partial charge >= 0.3 is 0 Å². The highest BCUT2D eigenvalue weighted by atomic mass is 32.2. The van der Waals surface area contributed by atoms with E-state index >= 15 is 0 Å². The molecule has 4 aromatic rings. The van der Waals surface area contributed by atoms with Crippen LogP contribution in [0.3, 0.4) is 0 Å². The molecule has 236 valence electrons. The minimum atomic E-state index is -4.14. The lowest BCUT2D eigenvalue weighted by atomic mass is 10.0. The van der Waals surface area contributed by atoms with Crippen LogP contribution in [0.1, 0.15) is 48.1 Å². The summed E-state index contributed by atoms with van der Waals surface area (Å²) in [5, 5.41) is 3.07. The molecule has 0 saturated heterocycles. The SMILES string of the molecule is CC[C@H](C)NC(=O)[C@H](Cc1ccccc1)N(Cc1ccc(C)cc1)C(=O)CN(c1cccc(C)c1C)S(=O)(=O)c1ccccc1. The monoisotopic (exact) mass is 625 g/mol.